The molecule has 1 aromatic carbocycles. The van der Waals surface area contributed by atoms with Gasteiger partial charge in [-0.25, -0.2) is 0 Å². The molecule has 0 aliphatic rings. The normalized spacial score (nSPS) is 11.1. The Bertz CT molecular complexity index is 486. The summed E-state index contributed by atoms with van der Waals surface area (Å²) in [6, 6.07) is 4.51. The van der Waals surface area contributed by atoms with Crippen LogP contribution in [0.25, 0.3) is 0 Å². The van der Waals surface area contributed by atoms with E-state index < -0.39 is 17.4 Å². The van der Waals surface area contributed by atoms with Crippen LogP contribution in [0, 0.1) is 0 Å². The highest BCUT2D eigenvalue weighted by molar-refractivity contribution is 6.36. The number of halogens is 2. The van der Waals surface area contributed by atoms with E-state index in [1.807, 2.05) is 0 Å². The molecule has 0 saturated carbocycles. The number of carbonyl (C=O) groups is 2. The average Bonchev–Trinajstić information content (AvgIpc) is 2.13. The van der Waals surface area contributed by atoms with Gasteiger partial charge in [0.15, 0.2) is 0 Å². The maximum atomic E-state index is 11.9. The van der Waals surface area contributed by atoms with E-state index in [9.17, 15) is 9.59 Å². The molecule has 0 saturated heterocycles. The number of carbonyl (C=O) groups excluding carboxylic acids is 1. The van der Waals surface area contributed by atoms with Crippen LogP contribution < -0.4 is 5.32 Å². The zero-order valence-electron chi connectivity index (χ0n) is 9.96. The number of hydrogen-bond acceptors (Lipinski definition) is 2. The Hall–Kier alpha value is -1.26. The number of carboxylic acid groups (broad SMARTS) is 1. The van der Waals surface area contributed by atoms with Gasteiger partial charge >= 0.3 is 5.97 Å². The minimum absolute atomic E-state index is 0.177. The zero-order valence-corrected chi connectivity index (χ0v) is 11.5. The molecule has 0 spiro atoms. The first-order valence-corrected chi connectivity index (χ1v) is 5.96. The third-order valence-electron chi connectivity index (χ3n) is 2.22. The number of amides is 1. The molecule has 1 aromatic rings. The maximum Gasteiger partial charge on any atom is 0.305 e. The number of benzene rings is 1. The van der Waals surface area contributed by atoms with E-state index in [0.717, 1.165) is 0 Å². The van der Waals surface area contributed by atoms with Gasteiger partial charge in [-0.05, 0) is 32.0 Å². The summed E-state index contributed by atoms with van der Waals surface area (Å²) in [6.07, 6.45) is -0.177. The second-order valence-electron chi connectivity index (χ2n) is 4.53. The highest BCUT2D eigenvalue weighted by Crippen LogP contribution is 2.21. The fourth-order valence-corrected chi connectivity index (χ4v) is 1.96. The van der Waals surface area contributed by atoms with E-state index in [1.165, 1.54) is 12.1 Å². The van der Waals surface area contributed by atoms with Crippen LogP contribution in [0.2, 0.25) is 10.0 Å². The molecule has 0 radical (unpaired) electrons. The Kier molecular flexibility index (Phi) is 4.59. The topological polar surface area (TPSA) is 66.4 Å². The molecule has 0 aromatic heterocycles. The van der Waals surface area contributed by atoms with Crippen molar-refractivity contribution in [2.45, 2.75) is 25.8 Å². The van der Waals surface area contributed by atoms with Crippen LogP contribution in [-0.2, 0) is 4.79 Å². The molecule has 1 rings (SSSR count). The van der Waals surface area contributed by atoms with E-state index in [-0.39, 0.29) is 17.0 Å². The van der Waals surface area contributed by atoms with E-state index >= 15 is 0 Å². The lowest BCUT2D eigenvalue weighted by atomic mass is 10.00. The van der Waals surface area contributed by atoms with Crippen LogP contribution in [-0.4, -0.2) is 22.5 Å². The van der Waals surface area contributed by atoms with E-state index in [0.29, 0.717) is 5.02 Å². The van der Waals surface area contributed by atoms with Gasteiger partial charge in [0.05, 0.1) is 17.0 Å². The molecule has 0 unspecified atom stereocenters. The first-order chi connectivity index (χ1) is 8.21. The smallest absolute Gasteiger partial charge is 0.305 e. The van der Waals surface area contributed by atoms with Crippen LogP contribution in [0.4, 0.5) is 0 Å². The van der Waals surface area contributed by atoms with Crippen LogP contribution in [0.15, 0.2) is 18.2 Å². The lowest BCUT2D eigenvalue weighted by molar-refractivity contribution is -0.138. The summed E-state index contributed by atoms with van der Waals surface area (Å²) in [7, 11) is 0. The van der Waals surface area contributed by atoms with Gasteiger partial charge in [0.1, 0.15) is 0 Å². The van der Waals surface area contributed by atoms with Gasteiger partial charge < -0.3 is 10.4 Å². The van der Waals surface area contributed by atoms with Gasteiger partial charge in [-0.2, -0.15) is 0 Å². The van der Waals surface area contributed by atoms with Gasteiger partial charge in [0.2, 0.25) is 0 Å². The molecule has 6 heteroatoms. The molecule has 0 aliphatic carbocycles. The molecule has 2 N–H and O–H groups in total. The van der Waals surface area contributed by atoms with Crippen molar-refractivity contribution in [1.82, 2.24) is 5.32 Å². The van der Waals surface area contributed by atoms with Gasteiger partial charge in [-0.15, -0.1) is 0 Å². The van der Waals surface area contributed by atoms with Gasteiger partial charge in [-0.1, -0.05) is 23.2 Å². The number of rotatable bonds is 4. The molecule has 1 amide bonds. The average molecular weight is 290 g/mol. The standard InChI is InChI=1S/C12H13Cl2NO3/c1-12(2,6-10(16)17)15-11(18)8-4-3-7(13)5-9(8)14/h3-5H,6H2,1-2H3,(H,15,18)(H,16,17). The third-order valence-corrected chi connectivity index (χ3v) is 2.77. The summed E-state index contributed by atoms with van der Waals surface area (Å²) in [6.45, 7) is 3.26. The molecule has 4 nitrogen and oxygen atoms in total. The summed E-state index contributed by atoms with van der Waals surface area (Å²) >= 11 is 11.6. The summed E-state index contributed by atoms with van der Waals surface area (Å²) in [5.41, 5.74) is -0.592. The lowest BCUT2D eigenvalue weighted by Crippen LogP contribution is -2.45. The molecule has 0 aliphatic heterocycles. The van der Waals surface area contributed by atoms with Crippen LogP contribution in [0.1, 0.15) is 30.6 Å². The minimum atomic E-state index is -0.984. The van der Waals surface area contributed by atoms with Crippen LogP contribution >= 0.6 is 23.2 Å². The van der Waals surface area contributed by atoms with Gasteiger partial charge in [0.25, 0.3) is 5.91 Å². The van der Waals surface area contributed by atoms with E-state index in [4.69, 9.17) is 28.3 Å². The monoisotopic (exact) mass is 289 g/mol. The largest absolute Gasteiger partial charge is 0.481 e. The first kappa shape index (κ1) is 14.8. The Balaban J connectivity index is 2.85. The summed E-state index contributed by atoms with van der Waals surface area (Å²) < 4.78 is 0. The molecular formula is C12H13Cl2NO3. The Morgan fingerprint density at radius 2 is 1.94 bits per heavy atom. The minimum Gasteiger partial charge on any atom is -0.481 e. The maximum absolute atomic E-state index is 11.9. The van der Waals surface area contributed by atoms with Crippen molar-refractivity contribution in [3.63, 3.8) is 0 Å². The zero-order chi connectivity index (χ0) is 13.9. The number of hydrogen-bond donors (Lipinski definition) is 2. The fourth-order valence-electron chi connectivity index (χ4n) is 1.47. The number of carboxylic acids is 1. The summed E-state index contributed by atoms with van der Waals surface area (Å²) in [5, 5.41) is 12.0. The molecular weight excluding hydrogens is 277 g/mol. The van der Waals surface area contributed by atoms with Crippen molar-refractivity contribution >= 4 is 35.1 Å². The predicted molar refractivity (Wildman–Crippen MR) is 70.3 cm³/mol. The molecule has 18 heavy (non-hydrogen) atoms. The first-order valence-electron chi connectivity index (χ1n) is 5.20. The van der Waals surface area contributed by atoms with Gasteiger partial charge in [-0.3, -0.25) is 9.59 Å². The molecule has 98 valence electrons. The van der Waals surface area contributed by atoms with Crippen LogP contribution in [0.5, 0.6) is 0 Å². The third kappa shape index (κ3) is 4.20. The fraction of sp³-hybridized carbons (Fsp3) is 0.333. The van der Waals surface area contributed by atoms with Crippen molar-refractivity contribution in [3.8, 4) is 0 Å². The Labute approximate surface area is 115 Å². The Morgan fingerprint density at radius 1 is 1.33 bits per heavy atom. The highest BCUT2D eigenvalue weighted by atomic mass is 35.5. The van der Waals surface area contributed by atoms with Crippen molar-refractivity contribution in [3.05, 3.63) is 33.8 Å². The molecule has 0 heterocycles. The second kappa shape index (κ2) is 5.59. The predicted octanol–water partition coefficient (Wildman–Crippen LogP) is 2.98. The second-order valence-corrected chi connectivity index (χ2v) is 5.38. The SMILES string of the molecule is CC(C)(CC(=O)O)NC(=O)c1ccc(Cl)cc1Cl. The molecule has 0 fully saturated rings. The van der Waals surface area contributed by atoms with E-state index in [1.54, 1.807) is 19.9 Å². The highest BCUT2D eigenvalue weighted by Gasteiger charge is 2.25. The summed E-state index contributed by atoms with van der Waals surface area (Å²) in [4.78, 5) is 22.6. The lowest BCUT2D eigenvalue weighted by Gasteiger charge is -2.24. The summed E-state index contributed by atoms with van der Waals surface area (Å²) in [5.74, 6) is -1.41. The van der Waals surface area contributed by atoms with Crippen molar-refractivity contribution < 1.29 is 14.7 Å². The van der Waals surface area contributed by atoms with Crippen molar-refractivity contribution in [2.75, 3.05) is 0 Å². The molecule has 0 bridgehead atoms. The number of aliphatic carboxylic acids is 1. The Morgan fingerprint density at radius 3 is 2.44 bits per heavy atom. The van der Waals surface area contributed by atoms with Crippen LogP contribution in [0.3, 0.4) is 0 Å². The molecule has 0 atom stereocenters. The van der Waals surface area contributed by atoms with Crippen molar-refractivity contribution in [2.24, 2.45) is 0 Å². The van der Waals surface area contributed by atoms with Crippen molar-refractivity contribution in [1.29, 1.82) is 0 Å². The van der Waals surface area contributed by atoms with Gasteiger partial charge in [0, 0.05) is 10.6 Å². The van der Waals surface area contributed by atoms with E-state index in [2.05, 4.69) is 5.32 Å². The number of nitrogens with one attached hydrogen (secondary N) is 1. The quantitative estimate of drug-likeness (QED) is 0.895.